The number of hydrogen-bond acceptors (Lipinski definition) is 2. The summed E-state index contributed by atoms with van der Waals surface area (Å²) in [5.74, 6) is -0.0689. The van der Waals surface area contributed by atoms with E-state index in [1.165, 1.54) is 16.3 Å². The second-order valence-electron chi connectivity index (χ2n) is 8.40. The number of aromatic nitrogens is 1. The molecule has 0 aliphatic heterocycles. The number of hydrogen-bond donors (Lipinski definition) is 4. The van der Waals surface area contributed by atoms with E-state index in [0.29, 0.717) is 19.4 Å². The summed E-state index contributed by atoms with van der Waals surface area (Å²) in [4.78, 5) is 18.5. The van der Waals surface area contributed by atoms with Gasteiger partial charge in [0.25, 0.3) is 0 Å². The van der Waals surface area contributed by atoms with Crippen LogP contribution in [0.15, 0.2) is 72.9 Å². The molecule has 0 bridgehead atoms. The van der Waals surface area contributed by atoms with E-state index in [9.17, 15) is 4.79 Å². The van der Waals surface area contributed by atoms with Gasteiger partial charge in [0.1, 0.15) is 6.17 Å². The van der Waals surface area contributed by atoms with Crippen molar-refractivity contribution in [2.75, 3.05) is 0 Å². The molecule has 0 saturated carbocycles. The normalized spacial score (nSPS) is 12.0. The van der Waals surface area contributed by atoms with E-state index in [1.807, 2.05) is 42.3 Å². The van der Waals surface area contributed by atoms with E-state index < -0.39 is 0 Å². The average molecular weight is 442 g/mol. The zero-order chi connectivity index (χ0) is 23.2. The highest BCUT2D eigenvalue weighted by Gasteiger charge is 2.23. The Morgan fingerprint density at radius 3 is 2.64 bits per heavy atom. The number of rotatable bonds is 9. The van der Waals surface area contributed by atoms with Gasteiger partial charge in [0.15, 0.2) is 5.96 Å². The molecule has 1 atom stereocenters. The number of carbonyl (C=O) groups excluding carboxylic acids is 1. The largest absolute Gasteiger partial charge is 0.370 e. The molecule has 1 amide bonds. The van der Waals surface area contributed by atoms with Gasteiger partial charge in [0.2, 0.25) is 5.91 Å². The van der Waals surface area contributed by atoms with Crippen molar-refractivity contribution in [3.8, 4) is 0 Å². The molecular weight excluding hydrogens is 410 g/mol. The highest BCUT2D eigenvalue weighted by atomic mass is 16.2. The molecule has 4 rings (SSSR count). The number of aromatic amines is 1. The van der Waals surface area contributed by atoms with Crippen LogP contribution in [-0.2, 0) is 17.8 Å². The number of nitrogens with two attached hydrogens (primary N) is 1. The third-order valence-electron chi connectivity index (χ3n) is 6.08. The summed E-state index contributed by atoms with van der Waals surface area (Å²) < 4.78 is 0. The molecule has 4 aromatic rings. The number of amides is 1. The van der Waals surface area contributed by atoms with E-state index in [-0.39, 0.29) is 18.0 Å². The van der Waals surface area contributed by atoms with Crippen molar-refractivity contribution >= 4 is 33.5 Å². The Balaban J connectivity index is 1.48. The van der Waals surface area contributed by atoms with Crippen LogP contribution in [-0.4, -0.2) is 27.9 Å². The van der Waals surface area contributed by atoms with Crippen LogP contribution in [0.5, 0.6) is 0 Å². The van der Waals surface area contributed by atoms with Gasteiger partial charge in [-0.1, -0.05) is 61.5 Å². The molecule has 0 radical (unpaired) electrons. The Labute approximate surface area is 194 Å². The number of nitrogens with zero attached hydrogens (tertiary/aromatic N) is 1. The van der Waals surface area contributed by atoms with Gasteiger partial charge in [0.05, 0.1) is 0 Å². The Morgan fingerprint density at radius 1 is 1.09 bits per heavy atom. The first-order valence-electron chi connectivity index (χ1n) is 11.5. The first-order valence-corrected chi connectivity index (χ1v) is 11.5. The van der Waals surface area contributed by atoms with Crippen molar-refractivity contribution < 1.29 is 4.79 Å². The smallest absolute Gasteiger partial charge is 0.224 e. The van der Waals surface area contributed by atoms with Crippen LogP contribution >= 0.6 is 0 Å². The fourth-order valence-electron chi connectivity index (χ4n) is 4.40. The molecule has 1 aromatic heterocycles. The first kappa shape index (κ1) is 22.4. The van der Waals surface area contributed by atoms with Crippen molar-refractivity contribution in [3.05, 3.63) is 84.1 Å². The second kappa shape index (κ2) is 10.2. The van der Waals surface area contributed by atoms with Gasteiger partial charge in [-0.2, -0.15) is 0 Å². The van der Waals surface area contributed by atoms with Gasteiger partial charge >= 0.3 is 0 Å². The minimum absolute atomic E-state index is 0.0589. The lowest BCUT2D eigenvalue weighted by atomic mass is 10.0. The fraction of sp³-hybridized carbons (Fsp3) is 0.259. The van der Waals surface area contributed by atoms with E-state index in [4.69, 9.17) is 11.1 Å². The predicted molar refractivity (Wildman–Crippen MR) is 135 cm³/mol. The molecule has 0 aliphatic carbocycles. The number of guanidine groups is 1. The molecule has 33 heavy (non-hydrogen) atoms. The summed E-state index contributed by atoms with van der Waals surface area (Å²) in [6.07, 6.45) is 4.38. The molecule has 0 spiro atoms. The maximum Gasteiger partial charge on any atom is 0.224 e. The highest BCUT2D eigenvalue weighted by molar-refractivity contribution is 5.84. The number of aryl methyl sites for hydroxylation is 1. The molecule has 0 saturated heterocycles. The third-order valence-corrected chi connectivity index (χ3v) is 6.08. The van der Waals surface area contributed by atoms with Gasteiger partial charge in [-0.3, -0.25) is 10.2 Å². The van der Waals surface area contributed by atoms with Crippen LogP contribution in [0, 0.1) is 5.41 Å². The van der Waals surface area contributed by atoms with Crippen molar-refractivity contribution in [3.63, 3.8) is 0 Å². The molecule has 0 fully saturated rings. The zero-order valence-corrected chi connectivity index (χ0v) is 19.0. The van der Waals surface area contributed by atoms with Gasteiger partial charge in [0, 0.05) is 30.1 Å². The van der Waals surface area contributed by atoms with Gasteiger partial charge in [-0.25, -0.2) is 0 Å². The lowest BCUT2D eigenvalue weighted by molar-refractivity contribution is -0.134. The Hall–Kier alpha value is -3.80. The van der Waals surface area contributed by atoms with E-state index >= 15 is 0 Å². The highest BCUT2D eigenvalue weighted by Crippen LogP contribution is 2.21. The summed E-state index contributed by atoms with van der Waals surface area (Å²) in [6, 6.07) is 22.7. The number of para-hydroxylation sites is 1. The lowest BCUT2D eigenvalue weighted by Crippen LogP contribution is -2.51. The monoisotopic (exact) mass is 441 g/mol. The molecule has 1 heterocycles. The van der Waals surface area contributed by atoms with E-state index in [0.717, 1.165) is 29.3 Å². The number of benzene rings is 3. The van der Waals surface area contributed by atoms with Crippen LogP contribution in [0.4, 0.5) is 0 Å². The average Bonchev–Trinajstić information content (AvgIpc) is 3.24. The van der Waals surface area contributed by atoms with Crippen LogP contribution < -0.4 is 11.1 Å². The van der Waals surface area contributed by atoms with Crippen molar-refractivity contribution in [2.24, 2.45) is 5.73 Å². The van der Waals surface area contributed by atoms with Crippen molar-refractivity contribution in [2.45, 2.75) is 45.3 Å². The first-order chi connectivity index (χ1) is 16.0. The summed E-state index contributed by atoms with van der Waals surface area (Å²) in [5.41, 5.74) is 9.03. The van der Waals surface area contributed by atoms with Gasteiger partial charge in [-0.05, 0) is 53.3 Å². The molecular formula is C27H31N5O. The molecule has 170 valence electrons. The Bertz CT molecular complexity index is 1260. The minimum Gasteiger partial charge on any atom is -0.370 e. The van der Waals surface area contributed by atoms with Crippen LogP contribution in [0.1, 0.15) is 37.3 Å². The number of nitrogens with one attached hydrogen (secondary N) is 3. The van der Waals surface area contributed by atoms with Gasteiger partial charge < -0.3 is 20.9 Å². The molecule has 6 heteroatoms. The maximum atomic E-state index is 13.4. The number of fused-ring (bicyclic) bond motifs is 2. The molecule has 3 aromatic carbocycles. The summed E-state index contributed by atoms with van der Waals surface area (Å²) in [5, 5.41) is 14.2. The zero-order valence-electron chi connectivity index (χ0n) is 19.0. The molecule has 0 aliphatic rings. The number of H-pyrrole nitrogens is 1. The molecule has 1 unspecified atom stereocenters. The van der Waals surface area contributed by atoms with Crippen molar-refractivity contribution in [1.82, 2.24) is 15.2 Å². The van der Waals surface area contributed by atoms with Crippen LogP contribution in [0.25, 0.3) is 21.7 Å². The third kappa shape index (κ3) is 5.34. The van der Waals surface area contributed by atoms with E-state index in [2.05, 4.69) is 52.8 Å². The molecule has 6 nitrogen and oxygen atoms in total. The summed E-state index contributed by atoms with van der Waals surface area (Å²) in [7, 11) is 0. The van der Waals surface area contributed by atoms with Crippen molar-refractivity contribution in [1.29, 1.82) is 5.41 Å². The predicted octanol–water partition coefficient (Wildman–Crippen LogP) is 4.89. The van der Waals surface area contributed by atoms with Crippen LogP contribution in [0.2, 0.25) is 0 Å². The second-order valence-corrected chi connectivity index (χ2v) is 8.40. The van der Waals surface area contributed by atoms with E-state index in [1.54, 1.807) is 0 Å². The topological polar surface area (TPSA) is 98.0 Å². The summed E-state index contributed by atoms with van der Waals surface area (Å²) >= 11 is 0. The lowest BCUT2D eigenvalue weighted by Gasteiger charge is -2.32. The SMILES string of the molecule is CCC(NC(=N)N)N(Cc1ccc2ccccc2c1)C(=O)CCCc1c[nH]c2ccccc12. The quantitative estimate of drug-likeness (QED) is 0.169. The van der Waals surface area contributed by atoms with Crippen LogP contribution in [0.3, 0.4) is 0 Å². The minimum atomic E-state index is -0.324. The maximum absolute atomic E-state index is 13.4. The standard InChI is InChI=1S/C27H31N5O/c1-2-25(31-27(28)29)32(18-19-14-15-20-8-3-4-9-21(20)16-19)26(33)13-7-10-22-17-30-24-12-6-5-11-23(22)24/h3-6,8-9,11-12,14-17,25,30H,2,7,10,13,18H2,1H3,(H4,28,29,31). The molecule has 5 N–H and O–H groups in total. The Morgan fingerprint density at radius 2 is 1.85 bits per heavy atom. The summed E-state index contributed by atoms with van der Waals surface area (Å²) in [6.45, 7) is 2.46. The van der Waals surface area contributed by atoms with Gasteiger partial charge in [-0.15, -0.1) is 0 Å². The Kier molecular flexibility index (Phi) is 6.93. The fourth-order valence-corrected chi connectivity index (χ4v) is 4.40. The number of carbonyl (C=O) groups is 1.